The van der Waals surface area contributed by atoms with Gasteiger partial charge in [0.15, 0.2) is 5.84 Å². The fourth-order valence-corrected chi connectivity index (χ4v) is 2.30. The van der Waals surface area contributed by atoms with Gasteiger partial charge in [0.25, 0.3) is 0 Å². The SMILES string of the molecule is COc1cccc(/C(N)=N/O)c1NC(=O)CC1CCCO1. The lowest BCUT2D eigenvalue weighted by atomic mass is 10.1. The second kappa shape index (κ2) is 6.94. The molecule has 0 aliphatic carbocycles. The Bertz CT molecular complexity index is 539. The average Bonchev–Trinajstić information content (AvgIpc) is 2.99. The summed E-state index contributed by atoms with van der Waals surface area (Å²) in [6.07, 6.45) is 2.08. The molecule has 114 valence electrons. The Hall–Kier alpha value is -2.28. The molecule has 7 nitrogen and oxygen atoms in total. The lowest BCUT2D eigenvalue weighted by Crippen LogP contribution is -2.22. The predicted molar refractivity (Wildman–Crippen MR) is 77.7 cm³/mol. The van der Waals surface area contributed by atoms with E-state index in [2.05, 4.69) is 10.5 Å². The summed E-state index contributed by atoms with van der Waals surface area (Å²) in [5.74, 6) is 0.152. The van der Waals surface area contributed by atoms with Crippen molar-refractivity contribution >= 4 is 17.4 Å². The predicted octanol–water partition coefficient (Wildman–Crippen LogP) is 1.30. The number of hydrogen-bond acceptors (Lipinski definition) is 5. The Morgan fingerprint density at radius 1 is 1.62 bits per heavy atom. The van der Waals surface area contributed by atoms with Crippen LogP contribution in [0.15, 0.2) is 23.4 Å². The van der Waals surface area contributed by atoms with Crippen LogP contribution >= 0.6 is 0 Å². The molecule has 1 fully saturated rings. The molecule has 0 spiro atoms. The standard InChI is InChI=1S/C14H19N3O4/c1-20-11-6-2-5-10(14(15)17-19)13(11)16-12(18)8-9-4-3-7-21-9/h2,5-6,9,19H,3-4,7-8H2,1H3,(H2,15,17)(H,16,18). The molecule has 0 radical (unpaired) electrons. The van der Waals surface area contributed by atoms with Crippen LogP contribution in [-0.2, 0) is 9.53 Å². The van der Waals surface area contributed by atoms with Gasteiger partial charge >= 0.3 is 0 Å². The molecule has 0 aromatic heterocycles. The van der Waals surface area contributed by atoms with Crippen molar-refractivity contribution in [3.05, 3.63) is 23.8 Å². The zero-order valence-electron chi connectivity index (χ0n) is 11.8. The number of para-hydroxylation sites is 1. The number of hydrogen-bond donors (Lipinski definition) is 3. The summed E-state index contributed by atoms with van der Waals surface area (Å²) >= 11 is 0. The zero-order chi connectivity index (χ0) is 15.2. The number of carbonyl (C=O) groups excluding carboxylic acids is 1. The highest BCUT2D eigenvalue weighted by Crippen LogP contribution is 2.29. The maximum absolute atomic E-state index is 12.1. The van der Waals surface area contributed by atoms with Gasteiger partial charge in [0.05, 0.1) is 25.3 Å². The van der Waals surface area contributed by atoms with Crippen LogP contribution in [0.3, 0.4) is 0 Å². The molecule has 1 aromatic rings. The van der Waals surface area contributed by atoms with Crippen LogP contribution < -0.4 is 15.8 Å². The highest BCUT2D eigenvalue weighted by Gasteiger charge is 2.21. The number of nitrogens with zero attached hydrogens (tertiary/aromatic N) is 1. The van der Waals surface area contributed by atoms with Gasteiger partial charge < -0.3 is 25.7 Å². The summed E-state index contributed by atoms with van der Waals surface area (Å²) in [6.45, 7) is 0.696. The van der Waals surface area contributed by atoms with Crippen LogP contribution in [0.2, 0.25) is 0 Å². The minimum Gasteiger partial charge on any atom is -0.495 e. The second-order valence-electron chi connectivity index (χ2n) is 4.76. The summed E-state index contributed by atoms with van der Waals surface area (Å²) < 4.78 is 10.6. The molecule has 1 aromatic carbocycles. The van der Waals surface area contributed by atoms with Crippen molar-refractivity contribution in [2.24, 2.45) is 10.9 Å². The number of anilines is 1. The molecule has 4 N–H and O–H groups in total. The second-order valence-corrected chi connectivity index (χ2v) is 4.76. The molecule has 2 rings (SSSR count). The van der Waals surface area contributed by atoms with Crippen molar-refractivity contribution in [1.29, 1.82) is 0 Å². The normalized spacial score (nSPS) is 18.5. The largest absolute Gasteiger partial charge is 0.495 e. The monoisotopic (exact) mass is 293 g/mol. The summed E-state index contributed by atoms with van der Waals surface area (Å²) in [4.78, 5) is 12.1. The van der Waals surface area contributed by atoms with E-state index in [-0.39, 0.29) is 24.3 Å². The van der Waals surface area contributed by atoms with Crippen LogP contribution in [0, 0.1) is 0 Å². The van der Waals surface area contributed by atoms with Crippen LogP contribution in [-0.4, -0.2) is 36.8 Å². The van der Waals surface area contributed by atoms with E-state index in [9.17, 15) is 4.79 Å². The molecule has 0 bridgehead atoms. The number of benzene rings is 1. The van der Waals surface area contributed by atoms with Crippen molar-refractivity contribution in [3.63, 3.8) is 0 Å². The first-order valence-corrected chi connectivity index (χ1v) is 6.72. The smallest absolute Gasteiger partial charge is 0.227 e. The molecule has 21 heavy (non-hydrogen) atoms. The highest BCUT2D eigenvalue weighted by atomic mass is 16.5. The van der Waals surface area contributed by atoms with Gasteiger partial charge in [-0.05, 0) is 25.0 Å². The van der Waals surface area contributed by atoms with Gasteiger partial charge in [-0.25, -0.2) is 0 Å². The number of amides is 1. The minimum atomic E-state index is -0.196. The maximum atomic E-state index is 12.1. The summed E-state index contributed by atoms with van der Waals surface area (Å²) in [5.41, 5.74) is 6.41. The van der Waals surface area contributed by atoms with E-state index in [4.69, 9.17) is 20.4 Å². The molecule has 1 heterocycles. The Labute approximate surface area is 122 Å². The molecule has 1 amide bonds. The molecule has 7 heteroatoms. The zero-order valence-corrected chi connectivity index (χ0v) is 11.8. The van der Waals surface area contributed by atoms with E-state index >= 15 is 0 Å². The summed E-state index contributed by atoms with van der Waals surface area (Å²) in [6, 6.07) is 5.02. The topological polar surface area (TPSA) is 106 Å². The number of nitrogens with one attached hydrogen (secondary N) is 1. The van der Waals surface area contributed by atoms with Crippen LogP contribution in [0.25, 0.3) is 0 Å². The van der Waals surface area contributed by atoms with Crippen molar-refractivity contribution in [1.82, 2.24) is 0 Å². The number of methoxy groups -OCH3 is 1. The minimum absolute atomic E-state index is 0.0491. The summed E-state index contributed by atoms with van der Waals surface area (Å²) in [7, 11) is 1.49. The average molecular weight is 293 g/mol. The van der Waals surface area contributed by atoms with E-state index in [0.717, 1.165) is 12.8 Å². The van der Waals surface area contributed by atoms with Crippen LogP contribution in [0.1, 0.15) is 24.8 Å². The van der Waals surface area contributed by atoms with E-state index in [1.54, 1.807) is 18.2 Å². The molecule has 1 atom stereocenters. The molecule has 0 saturated carbocycles. The fourth-order valence-electron chi connectivity index (χ4n) is 2.30. The Morgan fingerprint density at radius 2 is 2.43 bits per heavy atom. The lowest BCUT2D eigenvalue weighted by Gasteiger charge is -2.15. The first-order chi connectivity index (χ1) is 10.2. The third-order valence-electron chi connectivity index (χ3n) is 3.33. The number of nitrogens with two attached hydrogens (primary N) is 1. The van der Waals surface area contributed by atoms with Gasteiger partial charge in [-0.1, -0.05) is 11.2 Å². The first kappa shape index (κ1) is 15.1. The molecule has 1 saturated heterocycles. The van der Waals surface area contributed by atoms with Crippen molar-refractivity contribution in [2.45, 2.75) is 25.4 Å². The third kappa shape index (κ3) is 3.63. The van der Waals surface area contributed by atoms with Crippen molar-refractivity contribution in [2.75, 3.05) is 19.0 Å². The van der Waals surface area contributed by atoms with E-state index < -0.39 is 0 Å². The maximum Gasteiger partial charge on any atom is 0.227 e. The molecular weight excluding hydrogens is 274 g/mol. The van der Waals surface area contributed by atoms with E-state index in [0.29, 0.717) is 23.6 Å². The highest BCUT2D eigenvalue weighted by molar-refractivity contribution is 6.07. The fraction of sp³-hybridized carbons (Fsp3) is 0.429. The van der Waals surface area contributed by atoms with Crippen LogP contribution in [0.5, 0.6) is 5.75 Å². The number of amidine groups is 1. The molecule has 1 aliphatic rings. The van der Waals surface area contributed by atoms with Gasteiger partial charge in [0.2, 0.25) is 5.91 Å². The van der Waals surface area contributed by atoms with E-state index in [1.807, 2.05) is 0 Å². The number of rotatable bonds is 5. The third-order valence-corrected chi connectivity index (χ3v) is 3.33. The van der Waals surface area contributed by atoms with Gasteiger partial charge in [0, 0.05) is 12.2 Å². The van der Waals surface area contributed by atoms with Crippen LogP contribution in [0.4, 0.5) is 5.69 Å². The van der Waals surface area contributed by atoms with Gasteiger partial charge in [-0.2, -0.15) is 0 Å². The van der Waals surface area contributed by atoms with Crippen molar-refractivity contribution in [3.8, 4) is 5.75 Å². The van der Waals surface area contributed by atoms with Gasteiger partial charge in [-0.3, -0.25) is 4.79 Å². The number of oxime groups is 1. The Morgan fingerprint density at radius 3 is 3.05 bits per heavy atom. The molecular formula is C14H19N3O4. The number of ether oxygens (including phenoxy) is 2. The van der Waals surface area contributed by atoms with E-state index in [1.165, 1.54) is 7.11 Å². The summed E-state index contributed by atoms with van der Waals surface area (Å²) in [5, 5.41) is 14.6. The first-order valence-electron chi connectivity index (χ1n) is 6.72. The molecule has 1 aliphatic heterocycles. The van der Waals surface area contributed by atoms with Gasteiger partial charge in [-0.15, -0.1) is 0 Å². The lowest BCUT2D eigenvalue weighted by molar-refractivity contribution is -0.118. The Kier molecular flexibility index (Phi) is 4.99. The quantitative estimate of drug-likeness (QED) is 0.328. The van der Waals surface area contributed by atoms with Gasteiger partial charge in [0.1, 0.15) is 5.75 Å². The van der Waals surface area contributed by atoms with Crippen molar-refractivity contribution < 1.29 is 19.5 Å². The molecule has 1 unspecified atom stereocenters. The Balaban J connectivity index is 2.18. The number of carbonyl (C=O) groups is 1.